The molecule has 1 aromatic rings. The summed E-state index contributed by atoms with van der Waals surface area (Å²) >= 11 is 0. The highest BCUT2D eigenvalue weighted by atomic mass is 16.6. The number of nitrogens with one attached hydrogen (secondary N) is 1. The maximum atomic E-state index is 11.1. The molecule has 3 unspecified atom stereocenters. The average Bonchev–Trinajstić information content (AvgIpc) is 3.01. The minimum Gasteiger partial charge on any atom is -0.316 e. The summed E-state index contributed by atoms with van der Waals surface area (Å²) in [6.45, 7) is 8.29. The van der Waals surface area contributed by atoms with Gasteiger partial charge in [0.25, 0.3) is 5.69 Å². The van der Waals surface area contributed by atoms with Crippen LogP contribution in [-0.2, 0) is 6.54 Å². The highest BCUT2D eigenvalue weighted by Crippen LogP contribution is 2.36. The van der Waals surface area contributed by atoms with Gasteiger partial charge in [0.1, 0.15) is 0 Å². The SMILES string of the molecule is CCC1C2CNCC2CN1Cc1cccc([N+](=O)[O-])c1C. The minimum atomic E-state index is -0.279. The van der Waals surface area contributed by atoms with Crippen molar-refractivity contribution >= 4 is 5.69 Å². The second-order valence-electron chi connectivity index (χ2n) is 6.31. The van der Waals surface area contributed by atoms with Crippen molar-refractivity contribution in [2.45, 2.75) is 32.9 Å². The number of nitro groups is 1. The maximum Gasteiger partial charge on any atom is 0.272 e. The summed E-state index contributed by atoms with van der Waals surface area (Å²) in [4.78, 5) is 13.3. The van der Waals surface area contributed by atoms with Gasteiger partial charge >= 0.3 is 0 Å². The van der Waals surface area contributed by atoms with E-state index >= 15 is 0 Å². The standard InChI is InChI=1S/C16H23N3O2/c1-3-15-14-8-17-7-13(14)10-18(15)9-12-5-4-6-16(11(12)2)19(20)21/h4-6,13-15,17H,3,7-10H2,1-2H3. The molecule has 3 rings (SSSR count). The first-order valence-corrected chi connectivity index (χ1v) is 7.79. The lowest BCUT2D eigenvalue weighted by Crippen LogP contribution is -2.34. The predicted octanol–water partition coefficient (Wildman–Crippen LogP) is 2.33. The number of nitro benzene ring substituents is 1. The molecule has 1 N–H and O–H groups in total. The van der Waals surface area contributed by atoms with Crippen molar-refractivity contribution in [3.05, 3.63) is 39.4 Å². The fourth-order valence-corrected chi connectivity index (χ4v) is 4.11. The van der Waals surface area contributed by atoms with Crippen molar-refractivity contribution in [1.82, 2.24) is 10.2 Å². The summed E-state index contributed by atoms with van der Waals surface area (Å²) < 4.78 is 0. The Morgan fingerprint density at radius 2 is 2.24 bits per heavy atom. The summed E-state index contributed by atoms with van der Waals surface area (Å²) in [7, 11) is 0. The smallest absolute Gasteiger partial charge is 0.272 e. The second-order valence-corrected chi connectivity index (χ2v) is 6.31. The molecule has 0 amide bonds. The quantitative estimate of drug-likeness (QED) is 0.683. The first-order chi connectivity index (χ1) is 10.1. The van der Waals surface area contributed by atoms with E-state index in [2.05, 4.69) is 17.1 Å². The first-order valence-electron chi connectivity index (χ1n) is 7.79. The molecule has 21 heavy (non-hydrogen) atoms. The van der Waals surface area contributed by atoms with Crippen LogP contribution in [0, 0.1) is 28.9 Å². The molecule has 2 saturated heterocycles. The van der Waals surface area contributed by atoms with Crippen molar-refractivity contribution in [3.63, 3.8) is 0 Å². The topological polar surface area (TPSA) is 58.4 Å². The van der Waals surface area contributed by atoms with Gasteiger partial charge in [-0.2, -0.15) is 0 Å². The zero-order chi connectivity index (χ0) is 15.0. The fourth-order valence-electron chi connectivity index (χ4n) is 4.11. The lowest BCUT2D eigenvalue weighted by molar-refractivity contribution is -0.385. The van der Waals surface area contributed by atoms with Crippen LogP contribution in [0.1, 0.15) is 24.5 Å². The first kappa shape index (κ1) is 14.5. The number of nitrogens with zero attached hydrogens (tertiary/aromatic N) is 2. The molecule has 2 heterocycles. The number of rotatable bonds is 4. The van der Waals surface area contributed by atoms with Gasteiger partial charge in [-0.1, -0.05) is 19.1 Å². The third-order valence-corrected chi connectivity index (χ3v) is 5.23. The monoisotopic (exact) mass is 289 g/mol. The summed E-state index contributed by atoms with van der Waals surface area (Å²) in [5, 5.41) is 14.6. The number of likely N-dealkylation sites (tertiary alicyclic amines) is 1. The molecule has 2 aliphatic rings. The number of hydrogen-bond acceptors (Lipinski definition) is 4. The third-order valence-electron chi connectivity index (χ3n) is 5.23. The Bertz CT molecular complexity index is 546. The molecule has 0 saturated carbocycles. The van der Waals surface area contributed by atoms with Crippen LogP contribution >= 0.6 is 0 Å². The Kier molecular flexibility index (Phi) is 3.95. The van der Waals surface area contributed by atoms with Gasteiger partial charge in [0.2, 0.25) is 0 Å². The van der Waals surface area contributed by atoms with E-state index < -0.39 is 0 Å². The molecule has 0 radical (unpaired) electrons. The third kappa shape index (κ3) is 2.56. The average molecular weight is 289 g/mol. The van der Waals surface area contributed by atoms with E-state index in [9.17, 15) is 10.1 Å². The summed E-state index contributed by atoms with van der Waals surface area (Å²) in [6, 6.07) is 6.03. The molecule has 0 spiro atoms. The van der Waals surface area contributed by atoms with E-state index in [1.54, 1.807) is 12.1 Å². The van der Waals surface area contributed by atoms with Crippen LogP contribution in [0.2, 0.25) is 0 Å². The van der Waals surface area contributed by atoms with Crippen LogP contribution in [-0.4, -0.2) is 35.5 Å². The van der Waals surface area contributed by atoms with E-state index in [-0.39, 0.29) is 10.6 Å². The molecule has 1 aromatic carbocycles. The molecule has 0 aliphatic carbocycles. The molecule has 0 aromatic heterocycles. The van der Waals surface area contributed by atoms with Gasteiger partial charge in [-0.05, 0) is 43.8 Å². The summed E-state index contributed by atoms with van der Waals surface area (Å²) in [6.07, 6.45) is 1.15. The largest absolute Gasteiger partial charge is 0.316 e. The van der Waals surface area contributed by atoms with Gasteiger partial charge < -0.3 is 5.32 Å². The van der Waals surface area contributed by atoms with Crippen molar-refractivity contribution in [2.24, 2.45) is 11.8 Å². The Morgan fingerprint density at radius 3 is 2.95 bits per heavy atom. The maximum absolute atomic E-state index is 11.1. The van der Waals surface area contributed by atoms with Gasteiger partial charge in [-0.15, -0.1) is 0 Å². The molecular weight excluding hydrogens is 266 g/mol. The van der Waals surface area contributed by atoms with Crippen molar-refractivity contribution < 1.29 is 4.92 Å². The normalized spacial score (nSPS) is 28.8. The zero-order valence-electron chi connectivity index (χ0n) is 12.7. The minimum absolute atomic E-state index is 0.238. The molecular formula is C16H23N3O2. The van der Waals surface area contributed by atoms with Gasteiger partial charge in [-0.25, -0.2) is 0 Å². The van der Waals surface area contributed by atoms with Crippen molar-refractivity contribution in [3.8, 4) is 0 Å². The van der Waals surface area contributed by atoms with Crippen LogP contribution < -0.4 is 5.32 Å². The van der Waals surface area contributed by atoms with Crippen LogP contribution in [0.25, 0.3) is 0 Å². The molecule has 5 nitrogen and oxygen atoms in total. The van der Waals surface area contributed by atoms with E-state index in [1.807, 2.05) is 13.0 Å². The van der Waals surface area contributed by atoms with Crippen LogP contribution in [0.5, 0.6) is 0 Å². The Hall–Kier alpha value is -1.46. The Balaban J connectivity index is 1.81. The van der Waals surface area contributed by atoms with E-state index in [1.165, 1.54) is 0 Å². The van der Waals surface area contributed by atoms with Gasteiger partial charge in [0.15, 0.2) is 0 Å². The molecule has 0 bridgehead atoms. The lowest BCUT2D eigenvalue weighted by Gasteiger charge is -2.27. The van der Waals surface area contributed by atoms with Gasteiger partial charge in [0, 0.05) is 30.8 Å². The van der Waals surface area contributed by atoms with E-state index in [4.69, 9.17) is 0 Å². The number of fused-ring (bicyclic) bond motifs is 1. The molecule has 2 fully saturated rings. The summed E-state index contributed by atoms with van der Waals surface area (Å²) in [5.74, 6) is 1.49. The molecule has 3 atom stereocenters. The van der Waals surface area contributed by atoms with Crippen LogP contribution in [0.15, 0.2) is 18.2 Å². The summed E-state index contributed by atoms with van der Waals surface area (Å²) in [5.41, 5.74) is 2.14. The van der Waals surface area contributed by atoms with Crippen LogP contribution in [0.4, 0.5) is 5.69 Å². The van der Waals surface area contributed by atoms with Gasteiger partial charge in [-0.3, -0.25) is 15.0 Å². The highest BCUT2D eigenvalue weighted by molar-refractivity contribution is 5.44. The van der Waals surface area contributed by atoms with Crippen molar-refractivity contribution in [1.29, 1.82) is 0 Å². The molecule has 114 valence electrons. The number of benzene rings is 1. The molecule has 5 heteroatoms. The van der Waals surface area contributed by atoms with Crippen LogP contribution in [0.3, 0.4) is 0 Å². The Morgan fingerprint density at radius 1 is 1.43 bits per heavy atom. The Labute approximate surface area is 125 Å². The van der Waals surface area contributed by atoms with Crippen molar-refractivity contribution in [2.75, 3.05) is 19.6 Å². The molecule has 2 aliphatic heterocycles. The lowest BCUT2D eigenvalue weighted by atomic mass is 9.93. The van der Waals surface area contributed by atoms with Gasteiger partial charge in [0.05, 0.1) is 4.92 Å². The second kappa shape index (κ2) is 5.73. The van der Waals surface area contributed by atoms with E-state index in [0.29, 0.717) is 6.04 Å². The zero-order valence-corrected chi connectivity index (χ0v) is 12.7. The fraction of sp³-hybridized carbons (Fsp3) is 0.625. The number of hydrogen-bond donors (Lipinski definition) is 1. The predicted molar refractivity (Wildman–Crippen MR) is 82.2 cm³/mol. The van der Waals surface area contributed by atoms with E-state index in [0.717, 1.165) is 55.6 Å². The highest BCUT2D eigenvalue weighted by Gasteiger charge is 2.43.